The van der Waals surface area contributed by atoms with Crippen LogP contribution in [-0.4, -0.2) is 16.6 Å². The van der Waals surface area contributed by atoms with Crippen LogP contribution in [0.15, 0.2) is 36.7 Å². The molecule has 0 saturated carbocycles. The highest BCUT2D eigenvalue weighted by atomic mass is 15.4. The Morgan fingerprint density at radius 2 is 1.71 bits per heavy atom. The van der Waals surface area contributed by atoms with E-state index in [2.05, 4.69) is 81.1 Å². The van der Waals surface area contributed by atoms with Crippen LogP contribution >= 0.6 is 0 Å². The molecule has 1 aliphatic heterocycles. The number of aryl methyl sites for hydroxylation is 1. The van der Waals surface area contributed by atoms with Gasteiger partial charge in [-0.3, -0.25) is 0 Å². The Bertz CT molecular complexity index is 432. The highest BCUT2D eigenvalue weighted by Crippen LogP contribution is 2.35. The zero-order chi connectivity index (χ0) is 12.6. The molecule has 0 fully saturated rings. The Kier molecular flexibility index (Phi) is 2.90. The topological polar surface area (TPSA) is 6.48 Å². The number of para-hydroxylation sites is 1. The molecule has 1 aromatic rings. The van der Waals surface area contributed by atoms with Gasteiger partial charge in [0.1, 0.15) is 5.66 Å². The molecule has 1 aromatic carbocycles. The van der Waals surface area contributed by atoms with Crippen molar-refractivity contribution in [2.75, 3.05) is 4.90 Å². The minimum atomic E-state index is 0.000278. The second-order valence-electron chi connectivity index (χ2n) is 5.45. The SMILES string of the molecule is Cc1ccccc1N1C=CN(C(C)C)C1(C)C. The zero-order valence-electron chi connectivity index (χ0n) is 11.4. The number of anilines is 1. The summed E-state index contributed by atoms with van der Waals surface area (Å²) in [4.78, 5) is 4.74. The molecule has 0 aromatic heterocycles. The number of benzene rings is 1. The number of hydrogen-bond donors (Lipinski definition) is 0. The van der Waals surface area contributed by atoms with Gasteiger partial charge in [-0.15, -0.1) is 0 Å². The first-order chi connectivity index (χ1) is 7.94. The Hall–Kier alpha value is -1.44. The molecular formula is C15H22N2. The summed E-state index contributed by atoms with van der Waals surface area (Å²) >= 11 is 0. The van der Waals surface area contributed by atoms with E-state index in [1.165, 1.54) is 11.3 Å². The first-order valence-electron chi connectivity index (χ1n) is 6.26. The third-order valence-electron chi connectivity index (χ3n) is 3.53. The summed E-state index contributed by atoms with van der Waals surface area (Å²) in [6, 6.07) is 9.05. The molecule has 0 unspecified atom stereocenters. The van der Waals surface area contributed by atoms with E-state index in [1.807, 2.05) is 0 Å². The van der Waals surface area contributed by atoms with Crippen molar-refractivity contribution in [1.29, 1.82) is 0 Å². The molecule has 0 atom stereocenters. The molecule has 0 spiro atoms. The second kappa shape index (κ2) is 4.10. The molecule has 0 radical (unpaired) electrons. The molecule has 0 N–H and O–H groups in total. The summed E-state index contributed by atoms with van der Waals surface area (Å²) in [6.45, 7) is 11.1. The fourth-order valence-corrected chi connectivity index (χ4v) is 2.64. The van der Waals surface area contributed by atoms with Crippen molar-refractivity contribution in [3.63, 3.8) is 0 Å². The van der Waals surface area contributed by atoms with Crippen molar-refractivity contribution < 1.29 is 0 Å². The molecule has 0 bridgehead atoms. The van der Waals surface area contributed by atoms with Crippen molar-refractivity contribution >= 4 is 5.69 Å². The largest absolute Gasteiger partial charge is 0.351 e. The van der Waals surface area contributed by atoms with E-state index < -0.39 is 0 Å². The molecular weight excluding hydrogens is 208 g/mol. The van der Waals surface area contributed by atoms with Gasteiger partial charge in [-0.05, 0) is 46.2 Å². The van der Waals surface area contributed by atoms with E-state index in [0.29, 0.717) is 6.04 Å². The lowest BCUT2D eigenvalue weighted by atomic mass is 10.1. The van der Waals surface area contributed by atoms with Crippen LogP contribution in [0.1, 0.15) is 33.3 Å². The maximum absolute atomic E-state index is 2.39. The Morgan fingerprint density at radius 3 is 2.24 bits per heavy atom. The highest BCUT2D eigenvalue weighted by molar-refractivity contribution is 5.58. The standard InChI is InChI=1S/C15H22N2/c1-12(2)16-10-11-17(15(16,4)5)14-9-7-6-8-13(14)3/h6-12H,1-5H3. The van der Waals surface area contributed by atoms with E-state index in [-0.39, 0.29) is 5.66 Å². The zero-order valence-corrected chi connectivity index (χ0v) is 11.4. The van der Waals surface area contributed by atoms with E-state index >= 15 is 0 Å². The normalized spacial score (nSPS) is 18.2. The van der Waals surface area contributed by atoms with Gasteiger partial charge >= 0.3 is 0 Å². The number of hydrogen-bond acceptors (Lipinski definition) is 2. The highest BCUT2D eigenvalue weighted by Gasteiger charge is 2.36. The summed E-state index contributed by atoms with van der Waals surface area (Å²) in [7, 11) is 0. The van der Waals surface area contributed by atoms with Crippen molar-refractivity contribution in [1.82, 2.24) is 4.90 Å². The number of nitrogens with zero attached hydrogens (tertiary/aromatic N) is 2. The summed E-state index contributed by atoms with van der Waals surface area (Å²) in [5, 5.41) is 0. The van der Waals surface area contributed by atoms with Crippen molar-refractivity contribution in [3.8, 4) is 0 Å². The van der Waals surface area contributed by atoms with E-state index in [9.17, 15) is 0 Å². The van der Waals surface area contributed by atoms with Crippen LogP contribution in [0, 0.1) is 6.92 Å². The first-order valence-corrected chi connectivity index (χ1v) is 6.26. The summed E-state index contributed by atoms with van der Waals surface area (Å²) < 4.78 is 0. The van der Waals surface area contributed by atoms with E-state index in [1.54, 1.807) is 0 Å². The molecule has 92 valence electrons. The lowest BCUT2D eigenvalue weighted by Gasteiger charge is -2.43. The van der Waals surface area contributed by atoms with E-state index in [0.717, 1.165) is 0 Å². The van der Waals surface area contributed by atoms with Crippen LogP contribution in [0.4, 0.5) is 5.69 Å². The van der Waals surface area contributed by atoms with Crippen LogP contribution in [0.5, 0.6) is 0 Å². The van der Waals surface area contributed by atoms with Gasteiger partial charge in [0.2, 0.25) is 0 Å². The van der Waals surface area contributed by atoms with Gasteiger partial charge in [-0.25, -0.2) is 0 Å². The molecule has 2 rings (SSSR count). The van der Waals surface area contributed by atoms with Crippen LogP contribution in [0.25, 0.3) is 0 Å². The van der Waals surface area contributed by atoms with Crippen LogP contribution in [-0.2, 0) is 0 Å². The molecule has 17 heavy (non-hydrogen) atoms. The Labute approximate surface area is 105 Å². The quantitative estimate of drug-likeness (QED) is 0.763. The van der Waals surface area contributed by atoms with Gasteiger partial charge < -0.3 is 9.80 Å². The monoisotopic (exact) mass is 230 g/mol. The minimum Gasteiger partial charge on any atom is -0.351 e. The van der Waals surface area contributed by atoms with Crippen molar-refractivity contribution in [2.45, 2.75) is 46.3 Å². The lowest BCUT2D eigenvalue weighted by Crippen LogP contribution is -2.51. The smallest absolute Gasteiger partial charge is 0.111 e. The van der Waals surface area contributed by atoms with Crippen LogP contribution in [0.3, 0.4) is 0 Å². The average Bonchev–Trinajstić information content (AvgIpc) is 2.54. The third kappa shape index (κ3) is 1.92. The summed E-state index contributed by atoms with van der Waals surface area (Å²) in [5.74, 6) is 0. The van der Waals surface area contributed by atoms with Gasteiger partial charge in [0.05, 0.1) is 0 Å². The van der Waals surface area contributed by atoms with Crippen LogP contribution < -0.4 is 4.90 Å². The predicted molar refractivity (Wildman–Crippen MR) is 73.9 cm³/mol. The maximum atomic E-state index is 2.39. The third-order valence-corrected chi connectivity index (χ3v) is 3.53. The fraction of sp³-hybridized carbons (Fsp3) is 0.467. The molecule has 0 saturated heterocycles. The number of rotatable bonds is 2. The first kappa shape index (κ1) is 12.0. The Balaban J connectivity index is 2.37. The molecule has 2 nitrogen and oxygen atoms in total. The second-order valence-corrected chi connectivity index (χ2v) is 5.45. The van der Waals surface area contributed by atoms with E-state index in [4.69, 9.17) is 0 Å². The lowest BCUT2D eigenvalue weighted by molar-refractivity contribution is 0.170. The van der Waals surface area contributed by atoms with Gasteiger partial charge in [0.15, 0.2) is 0 Å². The van der Waals surface area contributed by atoms with Gasteiger partial charge in [-0.2, -0.15) is 0 Å². The average molecular weight is 230 g/mol. The molecule has 1 aliphatic rings. The molecule has 0 amide bonds. The maximum Gasteiger partial charge on any atom is 0.111 e. The van der Waals surface area contributed by atoms with Crippen molar-refractivity contribution in [3.05, 3.63) is 42.2 Å². The fourth-order valence-electron chi connectivity index (χ4n) is 2.64. The van der Waals surface area contributed by atoms with Crippen LogP contribution in [0.2, 0.25) is 0 Å². The Morgan fingerprint density at radius 1 is 1.06 bits per heavy atom. The van der Waals surface area contributed by atoms with Gasteiger partial charge in [0, 0.05) is 24.1 Å². The van der Waals surface area contributed by atoms with Gasteiger partial charge in [-0.1, -0.05) is 18.2 Å². The van der Waals surface area contributed by atoms with Gasteiger partial charge in [0.25, 0.3) is 0 Å². The minimum absolute atomic E-state index is 0.000278. The van der Waals surface area contributed by atoms with Crippen molar-refractivity contribution in [2.24, 2.45) is 0 Å². The summed E-state index contributed by atoms with van der Waals surface area (Å²) in [5.41, 5.74) is 2.60. The molecule has 2 heteroatoms. The molecule has 0 aliphatic carbocycles. The predicted octanol–water partition coefficient (Wildman–Crippen LogP) is 3.73. The summed E-state index contributed by atoms with van der Waals surface area (Å²) in [6.07, 6.45) is 4.37. The molecule has 1 heterocycles.